The van der Waals surface area contributed by atoms with Gasteiger partial charge >= 0.3 is 0 Å². The molecule has 0 aliphatic rings. The highest BCUT2D eigenvalue weighted by Gasteiger charge is 2.24. The van der Waals surface area contributed by atoms with E-state index in [4.69, 9.17) is 0 Å². The van der Waals surface area contributed by atoms with E-state index in [1.54, 1.807) is 6.20 Å². The number of rotatable bonds is 3. The van der Waals surface area contributed by atoms with E-state index >= 15 is 0 Å². The quantitative estimate of drug-likeness (QED) is 0.735. The Morgan fingerprint density at radius 1 is 1.14 bits per heavy atom. The fourth-order valence-electron chi connectivity index (χ4n) is 2.85. The van der Waals surface area contributed by atoms with Crippen LogP contribution in [0.5, 0.6) is 0 Å². The molecule has 0 fully saturated rings. The Morgan fingerprint density at radius 3 is 2.62 bits per heavy atom. The summed E-state index contributed by atoms with van der Waals surface area (Å²) >= 11 is 0. The number of hydrogen-bond acceptors (Lipinski definition) is 3. The Labute approximate surface area is 123 Å². The second-order valence-electron chi connectivity index (χ2n) is 5.43. The predicted molar refractivity (Wildman–Crippen MR) is 81.7 cm³/mol. The average Bonchev–Trinajstić information content (AvgIpc) is 3.01. The number of nitrogens with zero attached hydrogens (tertiary/aromatic N) is 4. The van der Waals surface area contributed by atoms with E-state index in [1.807, 2.05) is 35.1 Å². The summed E-state index contributed by atoms with van der Waals surface area (Å²) in [5, 5.41) is 19.8. The van der Waals surface area contributed by atoms with E-state index in [1.165, 1.54) is 0 Å². The normalized spacial score (nSPS) is 12.5. The van der Waals surface area contributed by atoms with Crippen LogP contribution in [0.1, 0.15) is 31.0 Å². The van der Waals surface area contributed by atoms with E-state index < -0.39 is 0 Å². The first-order chi connectivity index (χ1) is 10.2. The van der Waals surface area contributed by atoms with E-state index in [-0.39, 0.29) is 6.04 Å². The first-order valence-electron chi connectivity index (χ1n) is 7.00. The predicted octanol–water partition coefficient (Wildman–Crippen LogP) is 3.55. The number of nitriles is 1. The van der Waals surface area contributed by atoms with Crippen LogP contribution in [0.3, 0.4) is 0 Å². The van der Waals surface area contributed by atoms with Gasteiger partial charge in [-0.2, -0.15) is 5.26 Å². The van der Waals surface area contributed by atoms with Crippen molar-refractivity contribution in [1.29, 1.82) is 5.26 Å². The molecule has 3 aromatic rings. The van der Waals surface area contributed by atoms with Crippen molar-refractivity contribution < 1.29 is 0 Å². The largest absolute Gasteiger partial charge is 0.245 e. The van der Waals surface area contributed by atoms with E-state index in [0.29, 0.717) is 11.5 Å². The van der Waals surface area contributed by atoms with Crippen LogP contribution >= 0.6 is 0 Å². The van der Waals surface area contributed by atoms with Crippen LogP contribution in [0.2, 0.25) is 0 Å². The maximum absolute atomic E-state index is 9.51. The maximum Gasteiger partial charge on any atom is 0.0995 e. The molecule has 0 amide bonds. The van der Waals surface area contributed by atoms with Gasteiger partial charge < -0.3 is 0 Å². The molecule has 1 aromatic heterocycles. The van der Waals surface area contributed by atoms with Gasteiger partial charge in [0.15, 0.2) is 0 Å². The van der Waals surface area contributed by atoms with Crippen LogP contribution in [0, 0.1) is 17.2 Å². The summed E-state index contributed by atoms with van der Waals surface area (Å²) in [5.41, 5.74) is 1.72. The molecule has 21 heavy (non-hydrogen) atoms. The molecule has 4 nitrogen and oxygen atoms in total. The highest BCUT2D eigenvalue weighted by atomic mass is 15.4. The molecule has 1 unspecified atom stereocenters. The third-order valence-corrected chi connectivity index (χ3v) is 3.74. The van der Waals surface area contributed by atoms with E-state index in [2.05, 4.69) is 42.4 Å². The van der Waals surface area contributed by atoms with Crippen molar-refractivity contribution in [2.24, 2.45) is 5.92 Å². The number of hydrogen-bond donors (Lipinski definition) is 0. The van der Waals surface area contributed by atoms with Crippen molar-refractivity contribution in [3.8, 4) is 6.07 Å². The molecule has 1 atom stereocenters. The molecule has 4 heteroatoms. The van der Waals surface area contributed by atoms with Gasteiger partial charge in [0.2, 0.25) is 0 Å². The molecule has 0 radical (unpaired) electrons. The molecule has 0 saturated heterocycles. The Hall–Kier alpha value is -2.67. The minimum Gasteiger partial charge on any atom is -0.245 e. The Kier molecular flexibility index (Phi) is 3.41. The summed E-state index contributed by atoms with van der Waals surface area (Å²) < 4.78 is 1.84. The molecular formula is C17H16N4. The van der Waals surface area contributed by atoms with Crippen molar-refractivity contribution in [3.63, 3.8) is 0 Å². The lowest BCUT2D eigenvalue weighted by molar-refractivity contribution is 0.396. The average molecular weight is 276 g/mol. The summed E-state index contributed by atoms with van der Waals surface area (Å²) in [6.07, 6.45) is 3.53. The fourth-order valence-corrected chi connectivity index (χ4v) is 2.85. The first kappa shape index (κ1) is 13.3. The van der Waals surface area contributed by atoms with Crippen molar-refractivity contribution in [2.75, 3.05) is 0 Å². The van der Waals surface area contributed by atoms with Gasteiger partial charge in [0.25, 0.3) is 0 Å². The third-order valence-electron chi connectivity index (χ3n) is 3.74. The summed E-state index contributed by atoms with van der Waals surface area (Å²) in [4.78, 5) is 0. The highest BCUT2D eigenvalue weighted by Crippen LogP contribution is 2.34. The second kappa shape index (κ2) is 5.37. The zero-order chi connectivity index (χ0) is 14.8. The van der Waals surface area contributed by atoms with Gasteiger partial charge in [0.1, 0.15) is 0 Å². The highest BCUT2D eigenvalue weighted by molar-refractivity contribution is 5.88. The third kappa shape index (κ3) is 2.27. The molecule has 1 heterocycles. The van der Waals surface area contributed by atoms with Gasteiger partial charge in [-0.25, -0.2) is 4.68 Å². The molecule has 0 N–H and O–H groups in total. The Bertz CT molecular complexity index is 797. The Balaban J connectivity index is 2.33. The van der Waals surface area contributed by atoms with E-state index in [9.17, 15) is 5.26 Å². The number of benzene rings is 2. The lowest BCUT2D eigenvalue weighted by atomic mass is 9.88. The molecule has 2 aromatic carbocycles. The SMILES string of the molecule is CC(C)C(c1c(C#N)ccc2ccccc12)n1ccnn1. The number of aromatic nitrogens is 3. The topological polar surface area (TPSA) is 54.5 Å². The Morgan fingerprint density at radius 2 is 1.95 bits per heavy atom. The van der Waals surface area contributed by atoms with Gasteiger partial charge in [0.05, 0.1) is 23.9 Å². The van der Waals surface area contributed by atoms with Crippen LogP contribution in [0.4, 0.5) is 0 Å². The van der Waals surface area contributed by atoms with E-state index in [0.717, 1.165) is 16.3 Å². The standard InChI is InChI=1S/C17H16N4/c1-12(2)17(21-10-9-19-20-21)16-14(11-18)8-7-13-5-3-4-6-15(13)16/h3-10,12,17H,1-2H3. The van der Waals surface area contributed by atoms with Gasteiger partial charge in [-0.1, -0.05) is 49.4 Å². The van der Waals surface area contributed by atoms with Crippen LogP contribution in [-0.4, -0.2) is 15.0 Å². The van der Waals surface area contributed by atoms with Crippen LogP contribution in [0.25, 0.3) is 10.8 Å². The molecule has 3 rings (SSSR count). The molecule has 104 valence electrons. The summed E-state index contributed by atoms with van der Waals surface area (Å²) in [6.45, 7) is 4.27. The summed E-state index contributed by atoms with van der Waals surface area (Å²) in [5.74, 6) is 0.296. The summed E-state index contributed by atoms with van der Waals surface area (Å²) in [6, 6.07) is 14.4. The zero-order valence-electron chi connectivity index (χ0n) is 12.1. The molecule has 0 spiro atoms. The summed E-state index contributed by atoms with van der Waals surface area (Å²) in [7, 11) is 0. The molecule has 0 bridgehead atoms. The lowest BCUT2D eigenvalue weighted by Gasteiger charge is -2.24. The van der Waals surface area contributed by atoms with Crippen LogP contribution < -0.4 is 0 Å². The molecular weight excluding hydrogens is 260 g/mol. The van der Waals surface area contributed by atoms with Gasteiger partial charge in [0, 0.05) is 11.8 Å². The van der Waals surface area contributed by atoms with Gasteiger partial charge in [-0.05, 0) is 22.8 Å². The van der Waals surface area contributed by atoms with Crippen LogP contribution in [0.15, 0.2) is 48.8 Å². The molecule has 0 aliphatic carbocycles. The monoisotopic (exact) mass is 276 g/mol. The number of fused-ring (bicyclic) bond motifs is 1. The van der Waals surface area contributed by atoms with Gasteiger partial charge in [-0.15, -0.1) is 5.10 Å². The minimum absolute atomic E-state index is 0.00625. The van der Waals surface area contributed by atoms with Gasteiger partial charge in [-0.3, -0.25) is 0 Å². The first-order valence-corrected chi connectivity index (χ1v) is 7.00. The lowest BCUT2D eigenvalue weighted by Crippen LogP contribution is -2.19. The fraction of sp³-hybridized carbons (Fsp3) is 0.235. The van der Waals surface area contributed by atoms with Crippen molar-refractivity contribution in [1.82, 2.24) is 15.0 Å². The molecule has 0 saturated carbocycles. The molecule has 0 aliphatic heterocycles. The van der Waals surface area contributed by atoms with Crippen LogP contribution in [-0.2, 0) is 0 Å². The smallest absolute Gasteiger partial charge is 0.0995 e. The maximum atomic E-state index is 9.51. The van der Waals surface area contributed by atoms with Crippen molar-refractivity contribution in [3.05, 3.63) is 59.9 Å². The van der Waals surface area contributed by atoms with Crippen molar-refractivity contribution >= 4 is 10.8 Å². The minimum atomic E-state index is -0.00625. The zero-order valence-corrected chi connectivity index (χ0v) is 12.1. The van der Waals surface area contributed by atoms with Crippen molar-refractivity contribution in [2.45, 2.75) is 19.9 Å². The second-order valence-corrected chi connectivity index (χ2v) is 5.43.